The Bertz CT molecular complexity index is 416. The SMILES string of the molecule is CCCNCc1ccccc1OCC(C)(C)C(=O)O. The minimum Gasteiger partial charge on any atom is -0.492 e. The fraction of sp³-hybridized carbons (Fsp3) is 0.533. The topological polar surface area (TPSA) is 58.6 Å². The molecule has 0 aliphatic heterocycles. The molecule has 1 aromatic rings. The van der Waals surface area contributed by atoms with Gasteiger partial charge in [0.2, 0.25) is 0 Å². The van der Waals surface area contributed by atoms with E-state index in [1.165, 1.54) is 0 Å². The van der Waals surface area contributed by atoms with Gasteiger partial charge in [-0.1, -0.05) is 25.1 Å². The molecule has 1 rings (SSSR count). The highest BCUT2D eigenvalue weighted by Crippen LogP contribution is 2.22. The molecule has 0 bridgehead atoms. The number of hydrogen-bond acceptors (Lipinski definition) is 3. The van der Waals surface area contributed by atoms with Gasteiger partial charge in [-0.2, -0.15) is 0 Å². The minimum atomic E-state index is -0.885. The van der Waals surface area contributed by atoms with Gasteiger partial charge in [0.05, 0.1) is 5.41 Å². The molecule has 0 spiro atoms. The second kappa shape index (κ2) is 7.14. The second-order valence-electron chi connectivity index (χ2n) is 5.26. The van der Waals surface area contributed by atoms with Gasteiger partial charge in [0.25, 0.3) is 0 Å². The molecule has 1 aromatic carbocycles. The maximum atomic E-state index is 11.0. The number of carboxylic acid groups (broad SMARTS) is 1. The van der Waals surface area contributed by atoms with Crippen LogP contribution in [0.15, 0.2) is 24.3 Å². The third-order valence-electron chi connectivity index (χ3n) is 2.88. The van der Waals surface area contributed by atoms with Crippen LogP contribution >= 0.6 is 0 Å². The molecule has 0 aliphatic carbocycles. The van der Waals surface area contributed by atoms with E-state index in [-0.39, 0.29) is 6.61 Å². The molecule has 106 valence electrons. The first-order chi connectivity index (χ1) is 8.97. The Labute approximate surface area is 114 Å². The van der Waals surface area contributed by atoms with Crippen LogP contribution in [0.5, 0.6) is 5.75 Å². The summed E-state index contributed by atoms with van der Waals surface area (Å²) in [6, 6.07) is 7.72. The minimum absolute atomic E-state index is 0.160. The molecule has 0 heterocycles. The van der Waals surface area contributed by atoms with Gasteiger partial charge in [0, 0.05) is 12.1 Å². The molecule has 0 fully saturated rings. The largest absolute Gasteiger partial charge is 0.492 e. The molecule has 0 amide bonds. The van der Waals surface area contributed by atoms with E-state index in [2.05, 4.69) is 12.2 Å². The lowest BCUT2D eigenvalue weighted by Crippen LogP contribution is -2.31. The van der Waals surface area contributed by atoms with E-state index in [1.807, 2.05) is 24.3 Å². The van der Waals surface area contributed by atoms with Crippen molar-refractivity contribution >= 4 is 5.97 Å². The van der Waals surface area contributed by atoms with Crippen LogP contribution in [0.25, 0.3) is 0 Å². The fourth-order valence-corrected chi connectivity index (χ4v) is 1.51. The lowest BCUT2D eigenvalue weighted by atomic mass is 9.95. The molecule has 0 aromatic heterocycles. The van der Waals surface area contributed by atoms with Crippen molar-refractivity contribution in [2.75, 3.05) is 13.2 Å². The number of para-hydroxylation sites is 1. The van der Waals surface area contributed by atoms with Gasteiger partial charge in [-0.25, -0.2) is 0 Å². The van der Waals surface area contributed by atoms with Gasteiger partial charge >= 0.3 is 5.97 Å². The van der Waals surface area contributed by atoms with Crippen molar-refractivity contribution in [1.82, 2.24) is 5.32 Å². The monoisotopic (exact) mass is 265 g/mol. The Balaban J connectivity index is 2.65. The number of aliphatic carboxylic acids is 1. The molecule has 0 atom stereocenters. The van der Waals surface area contributed by atoms with E-state index in [4.69, 9.17) is 9.84 Å². The van der Waals surface area contributed by atoms with Crippen molar-refractivity contribution in [3.63, 3.8) is 0 Å². The molecule has 4 heteroatoms. The van der Waals surface area contributed by atoms with Crippen LogP contribution in [0.2, 0.25) is 0 Å². The third-order valence-corrected chi connectivity index (χ3v) is 2.88. The predicted octanol–water partition coefficient (Wildman–Crippen LogP) is 2.68. The molecule has 0 unspecified atom stereocenters. The second-order valence-corrected chi connectivity index (χ2v) is 5.26. The molecule has 2 N–H and O–H groups in total. The molecular formula is C15H23NO3. The van der Waals surface area contributed by atoms with Crippen molar-refractivity contribution < 1.29 is 14.6 Å². The van der Waals surface area contributed by atoms with Crippen LogP contribution in [0.4, 0.5) is 0 Å². The van der Waals surface area contributed by atoms with Crippen molar-refractivity contribution in [3.8, 4) is 5.75 Å². The predicted molar refractivity (Wildman–Crippen MR) is 75.4 cm³/mol. The van der Waals surface area contributed by atoms with E-state index in [0.29, 0.717) is 0 Å². The number of carboxylic acids is 1. The molecule has 0 saturated heterocycles. The Morgan fingerprint density at radius 3 is 2.68 bits per heavy atom. The van der Waals surface area contributed by atoms with E-state index in [9.17, 15) is 4.79 Å². The highest BCUT2D eigenvalue weighted by molar-refractivity contribution is 5.73. The molecule has 0 radical (unpaired) electrons. The van der Waals surface area contributed by atoms with Gasteiger partial charge in [0.1, 0.15) is 12.4 Å². The number of benzene rings is 1. The van der Waals surface area contributed by atoms with Crippen LogP contribution in [-0.4, -0.2) is 24.2 Å². The summed E-state index contributed by atoms with van der Waals surface area (Å²) in [6.07, 6.45) is 1.08. The summed E-state index contributed by atoms with van der Waals surface area (Å²) in [7, 11) is 0. The van der Waals surface area contributed by atoms with E-state index >= 15 is 0 Å². The maximum Gasteiger partial charge on any atom is 0.312 e. The first kappa shape index (κ1) is 15.5. The molecule has 19 heavy (non-hydrogen) atoms. The Morgan fingerprint density at radius 1 is 1.37 bits per heavy atom. The highest BCUT2D eigenvalue weighted by atomic mass is 16.5. The van der Waals surface area contributed by atoms with Crippen molar-refractivity contribution in [1.29, 1.82) is 0 Å². The maximum absolute atomic E-state index is 11.0. The van der Waals surface area contributed by atoms with Gasteiger partial charge in [0.15, 0.2) is 0 Å². The summed E-state index contributed by atoms with van der Waals surface area (Å²) in [5, 5.41) is 12.4. The number of hydrogen-bond donors (Lipinski definition) is 2. The average molecular weight is 265 g/mol. The first-order valence-electron chi connectivity index (χ1n) is 6.62. The molecular weight excluding hydrogens is 242 g/mol. The Hall–Kier alpha value is -1.55. The summed E-state index contributed by atoms with van der Waals surface area (Å²) < 4.78 is 5.67. The van der Waals surface area contributed by atoms with Crippen LogP contribution in [0.3, 0.4) is 0 Å². The third kappa shape index (κ3) is 4.91. The highest BCUT2D eigenvalue weighted by Gasteiger charge is 2.28. The van der Waals surface area contributed by atoms with E-state index in [1.54, 1.807) is 13.8 Å². The van der Waals surface area contributed by atoms with Crippen LogP contribution in [0, 0.1) is 5.41 Å². The van der Waals surface area contributed by atoms with Crippen molar-refractivity contribution in [3.05, 3.63) is 29.8 Å². The lowest BCUT2D eigenvalue weighted by Gasteiger charge is -2.21. The van der Waals surface area contributed by atoms with Gasteiger partial charge in [-0.15, -0.1) is 0 Å². The zero-order chi connectivity index (χ0) is 14.3. The van der Waals surface area contributed by atoms with Gasteiger partial charge in [-0.3, -0.25) is 4.79 Å². The Kier molecular flexibility index (Phi) is 5.83. The summed E-state index contributed by atoms with van der Waals surface area (Å²) in [4.78, 5) is 11.0. The number of nitrogens with one attached hydrogen (secondary N) is 1. The van der Waals surface area contributed by atoms with Crippen molar-refractivity contribution in [2.45, 2.75) is 33.7 Å². The molecule has 0 aliphatic rings. The van der Waals surface area contributed by atoms with Crippen molar-refractivity contribution in [2.24, 2.45) is 5.41 Å². The number of rotatable bonds is 8. The summed E-state index contributed by atoms with van der Waals surface area (Å²) in [6.45, 7) is 7.28. The molecule has 0 saturated carbocycles. The lowest BCUT2D eigenvalue weighted by molar-refractivity contribution is -0.148. The van der Waals surface area contributed by atoms with Gasteiger partial charge < -0.3 is 15.2 Å². The summed E-state index contributed by atoms with van der Waals surface area (Å²) >= 11 is 0. The molecule has 4 nitrogen and oxygen atoms in total. The standard InChI is InChI=1S/C15H23NO3/c1-4-9-16-10-12-7-5-6-8-13(12)19-11-15(2,3)14(17)18/h5-8,16H,4,9-11H2,1-3H3,(H,17,18). The Morgan fingerprint density at radius 2 is 2.05 bits per heavy atom. The van der Waals surface area contributed by atoms with Crippen LogP contribution < -0.4 is 10.1 Å². The summed E-state index contributed by atoms with van der Waals surface area (Å²) in [5.74, 6) is -0.102. The average Bonchev–Trinajstić information content (AvgIpc) is 2.38. The smallest absolute Gasteiger partial charge is 0.312 e. The normalized spacial score (nSPS) is 11.3. The van der Waals surface area contributed by atoms with E-state index in [0.717, 1.165) is 30.8 Å². The first-order valence-corrected chi connectivity index (χ1v) is 6.62. The quantitative estimate of drug-likeness (QED) is 0.709. The number of ether oxygens (including phenoxy) is 1. The number of carbonyl (C=O) groups is 1. The zero-order valence-corrected chi connectivity index (χ0v) is 11.9. The van der Waals surface area contributed by atoms with E-state index < -0.39 is 11.4 Å². The van der Waals surface area contributed by atoms with Crippen LogP contribution in [-0.2, 0) is 11.3 Å². The fourth-order valence-electron chi connectivity index (χ4n) is 1.51. The summed E-state index contributed by atoms with van der Waals surface area (Å²) in [5.41, 5.74) is 0.168. The van der Waals surface area contributed by atoms with Gasteiger partial charge in [-0.05, 0) is 32.9 Å². The zero-order valence-electron chi connectivity index (χ0n) is 11.9. The van der Waals surface area contributed by atoms with Crippen LogP contribution in [0.1, 0.15) is 32.8 Å².